The first kappa shape index (κ1) is 18.4. The number of carbonyl (C=O) groups is 2. The molecule has 6 heteroatoms. The average Bonchev–Trinajstić information content (AvgIpc) is 2.56. The number of aryl methyl sites for hydroxylation is 1. The Balaban J connectivity index is 1.91. The van der Waals surface area contributed by atoms with Gasteiger partial charge in [-0.25, -0.2) is 4.79 Å². The summed E-state index contributed by atoms with van der Waals surface area (Å²) in [6, 6.07) is 12.8. The molecule has 24 heavy (non-hydrogen) atoms. The van der Waals surface area contributed by atoms with Crippen LogP contribution in [0.3, 0.4) is 0 Å². The van der Waals surface area contributed by atoms with E-state index in [4.69, 9.17) is 11.6 Å². The number of amides is 1. The summed E-state index contributed by atoms with van der Waals surface area (Å²) in [5.74, 6) is 0.408. The first-order valence-electron chi connectivity index (χ1n) is 7.30. The van der Waals surface area contributed by atoms with Gasteiger partial charge in [0.25, 0.3) is 0 Å². The average molecular weight is 364 g/mol. The Morgan fingerprint density at radius 1 is 1.21 bits per heavy atom. The van der Waals surface area contributed by atoms with Crippen LogP contribution >= 0.6 is 23.4 Å². The van der Waals surface area contributed by atoms with E-state index in [9.17, 15) is 9.59 Å². The number of esters is 1. The lowest BCUT2D eigenvalue weighted by Crippen LogP contribution is -2.15. The van der Waals surface area contributed by atoms with Gasteiger partial charge in [0.05, 0.1) is 29.1 Å². The monoisotopic (exact) mass is 363 g/mol. The van der Waals surface area contributed by atoms with Gasteiger partial charge in [-0.15, -0.1) is 11.8 Å². The van der Waals surface area contributed by atoms with Crippen molar-refractivity contribution in [2.75, 3.05) is 18.2 Å². The van der Waals surface area contributed by atoms with Gasteiger partial charge >= 0.3 is 5.97 Å². The van der Waals surface area contributed by atoms with Crippen LogP contribution in [0, 0.1) is 6.92 Å². The molecular formula is C18H18ClNO3S. The van der Waals surface area contributed by atoms with Crippen molar-refractivity contribution < 1.29 is 14.3 Å². The molecule has 126 valence electrons. The SMILES string of the molecule is COC(=O)c1ccc(Cl)c(NC(=O)CSCc2cccc(C)c2)c1. The smallest absolute Gasteiger partial charge is 0.337 e. The molecule has 4 nitrogen and oxygen atoms in total. The van der Waals surface area contributed by atoms with Crippen LogP contribution < -0.4 is 5.32 Å². The van der Waals surface area contributed by atoms with E-state index in [-0.39, 0.29) is 5.91 Å². The van der Waals surface area contributed by atoms with Crippen LogP contribution in [0.1, 0.15) is 21.5 Å². The fraction of sp³-hybridized carbons (Fsp3) is 0.222. The molecule has 2 aromatic carbocycles. The van der Waals surface area contributed by atoms with Gasteiger partial charge in [-0.2, -0.15) is 0 Å². The quantitative estimate of drug-likeness (QED) is 0.777. The minimum atomic E-state index is -0.476. The Labute approximate surface area is 150 Å². The van der Waals surface area contributed by atoms with Crippen molar-refractivity contribution in [3.8, 4) is 0 Å². The second-order valence-electron chi connectivity index (χ2n) is 5.22. The van der Waals surface area contributed by atoms with Gasteiger partial charge in [-0.05, 0) is 30.7 Å². The normalized spacial score (nSPS) is 10.3. The van der Waals surface area contributed by atoms with E-state index in [1.807, 2.05) is 25.1 Å². The van der Waals surface area contributed by atoms with Gasteiger partial charge < -0.3 is 10.1 Å². The molecule has 0 aromatic heterocycles. The van der Waals surface area contributed by atoms with Gasteiger partial charge in [0.1, 0.15) is 0 Å². The Bertz CT molecular complexity index is 749. The molecule has 0 saturated carbocycles. The van der Waals surface area contributed by atoms with Crippen molar-refractivity contribution in [3.63, 3.8) is 0 Å². The predicted octanol–water partition coefficient (Wildman–Crippen LogP) is 4.31. The number of benzene rings is 2. The van der Waals surface area contributed by atoms with E-state index >= 15 is 0 Å². The zero-order valence-electron chi connectivity index (χ0n) is 13.5. The predicted molar refractivity (Wildman–Crippen MR) is 98.8 cm³/mol. The highest BCUT2D eigenvalue weighted by Gasteiger charge is 2.11. The summed E-state index contributed by atoms with van der Waals surface area (Å²) in [5, 5.41) is 3.10. The highest BCUT2D eigenvalue weighted by Crippen LogP contribution is 2.24. The first-order chi connectivity index (χ1) is 11.5. The second kappa shape index (κ2) is 8.76. The zero-order chi connectivity index (χ0) is 17.5. The molecule has 0 aliphatic rings. The van der Waals surface area contributed by atoms with E-state index in [0.717, 1.165) is 5.75 Å². The standard InChI is InChI=1S/C18H18ClNO3S/c1-12-4-3-5-13(8-12)10-24-11-17(21)20-16-9-14(18(22)23-2)6-7-15(16)19/h3-9H,10-11H2,1-2H3,(H,20,21). The fourth-order valence-corrected chi connectivity index (χ4v) is 3.06. The number of rotatable bonds is 6. The van der Waals surface area contributed by atoms with Gasteiger partial charge in [-0.1, -0.05) is 41.4 Å². The molecule has 1 N–H and O–H groups in total. The summed E-state index contributed by atoms with van der Waals surface area (Å²) in [6.45, 7) is 2.04. The van der Waals surface area contributed by atoms with E-state index in [0.29, 0.717) is 22.0 Å². The van der Waals surface area contributed by atoms with E-state index in [2.05, 4.69) is 16.1 Å². The van der Waals surface area contributed by atoms with Crippen LogP contribution in [-0.4, -0.2) is 24.7 Å². The third-order valence-electron chi connectivity index (χ3n) is 3.25. The van der Waals surface area contributed by atoms with Crippen molar-refractivity contribution in [1.82, 2.24) is 0 Å². The first-order valence-corrected chi connectivity index (χ1v) is 8.84. The van der Waals surface area contributed by atoms with Gasteiger partial charge in [-0.3, -0.25) is 4.79 Å². The third-order valence-corrected chi connectivity index (χ3v) is 4.58. The summed E-state index contributed by atoms with van der Waals surface area (Å²) in [6.07, 6.45) is 0. The highest BCUT2D eigenvalue weighted by molar-refractivity contribution is 7.99. The Morgan fingerprint density at radius 2 is 2.00 bits per heavy atom. The number of halogens is 1. The minimum Gasteiger partial charge on any atom is -0.465 e. The van der Waals surface area contributed by atoms with Crippen LogP contribution in [0.15, 0.2) is 42.5 Å². The number of anilines is 1. The van der Waals surface area contributed by atoms with E-state index in [1.165, 1.54) is 36.1 Å². The zero-order valence-corrected chi connectivity index (χ0v) is 15.0. The van der Waals surface area contributed by atoms with Crippen LogP contribution in [0.2, 0.25) is 5.02 Å². The van der Waals surface area contributed by atoms with Crippen LogP contribution in [0.25, 0.3) is 0 Å². The fourth-order valence-electron chi connectivity index (χ4n) is 2.12. The Kier molecular flexibility index (Phi) is 6.70. The maximum atomic E-state index is 12.1. The van der Waals surface area contributed by atoms with Crippen LogP contribution in [0.4, 0.5) is 5.69 Å². The van der Waals surface area contributed by atoms with Crippen molar-refractivity contribution in [1.29, 1.82) is 0 Å². The molecule has 0 atom stereocenters. The molecule has 0 fully saturated rings. The lowest BCUT2D eigenvalue weighted by Gasteiger charge is -2.09. The maximum absolute atomic E-state index is 12.1. The molecule has 0 unspecified atom stereocenters. The minimum absolute atomic E-state index is 0.170. The van der Waals surface area contributed by atoms with Gasteiger partial charge in [0.15, 0.2) is 0 Å². The number of methoxy groups -OCH3 is 1. The van der Waals surface area contributed by atoms with Gasteiger partial charge in [0.2, 0.25) is 5.91 Å². The molecule has 0 heterocycles. The third kappa shape index (κ3) is 5.28. The number of ether oxygens (including phenoxy) is 1. The molecule has 1 amide bonds. The van der Waals surface area contributed by atoms with Crippen molar-refractivity contribution >= 4 is 40.9 Å². The Morgan fingerprint density at radius 3 is 2.71 bits per heavy atom. The number of hydrogen-bond acceptors (Lipinski definition) is 4. The highest BCUT2D eigenvalue weighted by atomic mass is 35.5. The van der Waals surface area contributed by atoms with Crippen molar-refractivity contribution in [3.05, 3.63) is 64.2 Å². The lowest BCUT2D eigenvalue weighted by molar-refractivity contribution is -0.113. The molecular weight excluding hydrogens is 346 g/mol. The van der Waals surface area contributed by atoms with Crippen molar-refractivity contribution in [2.45, 2.75) is 12.7 Å². The van der Waals surface area contributed by atoms with Crippen LogP contribution in [-0.2, 0) is 15.3 Å². The lowest BCUT2D eigenvalue weighted by atomic mass is 10.2. The number of nitrogens with one attached hydrogen (secondary N) is 1. The van der Waals surface area contributed by atoms with E-state index in [1.54, 1.807) is 12.1 Å². The Hall–Kier alpha value is -1.98. The molecule has 0 aliphatic carbocycles. The largest absolute Gasteiger partial charge is 0.465 e. The molecule has 0 bridgehead atoms. The number of thioether (sulfide) groups is 1. The number of hydrogen-bond donors (Lipinski definition) is 1. The summed E-state index contributed by atoms with van der Waals surface area (Å²) in [4.78, 5) is 23.6. The molecule has 0 radical (unpaired) electrons. The van der Waals surface area contributed by atoms with Gasteiger partial charge in [0, 0.05) is 5.75 Å². The topological polar surface area (TPSA) is 55.4 Å². The van der Waals surface area contributed by atoms with Crippen LogP contribution in [0.5, 0.6) is 0 Å². The summed E-state index contributed by atoms with van der Waals surface area (Å²) in [7, 11) is 1.30. The molecule has 2 rings (SSSR count). The molecule has 0 spiro atoms. The molecule has 0 saturated heterocycles. The second-order valence-corrected chi connectivity index (χ2v) is 6.61. The molecule has 2 aromatic rings. The summed E-state index contributed by atoms with van der Waals surface area (Å²) < 4.78 is 4.66. The summed E-state index contributed by atoms with van der Waals surface area (Å²) in [5.41, 5.74) is 3.12. The van der Waals surface area contributed by atoms with E-state index < -0.39 is 5.97 Å². The number of carbonyl (C=O) groups excluding carboxylic acids is 2. The summed E-state index contributed by atoms with van der Waals surface area (Å²) >= 11 is 7.58. The maximum Gasteiger partial charge on any atom is 0.337 e. The molecule has 0 aliphatic heterocycles. The van der Waals surface area contributed by atoms with Crippen molar-refractivity contribution in [2.24, 2.45) is 0 Å².